The van der Waals surface area contributed by atoms with Gasteiger partial charge in [-0.1, -0.05) is 57.4 Å². The second-order valence-electron chi connectivity index (χ2n) is 4.86. The van der Waals surface area contributed by atoms with Gasteiger partial charge in [0.1, 0.15) is 6.61 Å². The Labute approximate surface area is 116 Å². The quantitative estimate of drug-likeness (QED) is 0.363. The van der Waals surface area contributed by atoms with Crippen LogP contribution in [0.5, 0.6) is 0 Å². The molecule has 2 heteroatoms. The Bertz CT molecular complexity index is 382. The predicted octanol–water partition coefficient (Wildman–Crippen LogP) is 4.76. The summed E-state index contributed by atoms with van der Waals surface area (Å²) in [4.78, 5) is 11.7. The summed E-state index contributed by atoms with van der Waals surface area (Å²) in [5.74, 6) is -0.271. The lowest BCUT2D eigenvalue weighted by molar-refractivity contribution is 0.0537. The van der Waals surface area contributed by atoms with Crippen LogP contribution in [-0.2, 0) is 4.74 Å². The standard InChI is InChI=1S/C17H24O2/c1-3-4-5-6-8-11-15(2)14-19-17(18)16-12-9-7-10-13-16/h7,9-10,12-13H,2-6,8,11,14H2,1H3. The SMILES string of the molecule is C=C(CCCCCCC)COC(=O)c1ccccc1. The maximum atomic E-state index is 11.7. The molecule has 104 valence electrons. The largest absolute Gasteiger partial charge is 0.458 e. The van der Waals surface area contributed by atoms with Crippen molar-refractivity contribution in [3.8, 4) is 0 Å². The molecule has 0 N–H and O–H groups in total. The van der Waals surface area contributed by atoms with Crippen molar-refractivity contribution in [1.29, 1.82) is 0 Å². The molecule has 0 fully saturated rings. The van der Waals surface area contributed by atoms with E-state index in [1.165, 1.54) is 25.7 Å². The Morgan fingerprint density at radius 2 is 1.79 bits per heavy atom. The zero-order chi connectivity index (χ0) is 13.9. The minimum atomic E-state index is -0.271. The Kier molecular flexibility index (Phi) is 7.64. The predicted molar refractivity (Wildman–Crippen MR) is 79.2 cm³/mol. The van der Waals surface area contributed by atoms with Gasteiger partial charge < -0.3 is 4.74 Å². The first-order valence-corrected chi connectivity index (χ1v) is 7.13. The maximum absolute atomic E-state index is 11.7. The molecule has 0 unspecified atom stereocenters. The number of esters is 1. The molecule has 1 rings (SSSR count). The van der Waals surface area contributed by atoms with Crippen molar-refractivity contribution in [2.24, 2.45) is 0 Å². The van der Waals surface area contributed by atoms with Gasteiger partial charge in [-0.25, -0.2) is 4.79 Å². The highest BCUT2D eigenvalue weighted by Crippen LogP contribution is 2.11. The number of unbranched alkanes of at least 4 members (excludes halogenated alkanes) is 4. The molecule has 0 bridgehead atoms. The maximum Gasteiger partial charge on any atom is 0.338 e. The fourth-order valence-electron chi connectivity index (χ4n) is 1.88. The van der Waals surface area contributed by atoms with E-state index in [0.717, 1.165) is 18.4 Å². The molecule has 0 heterocycles. The van der Waals surface area contributed by atoms with Gasteiger partial charge in [-0.2, -0.15) is 0 Å². The first kappa shape index (κ1) is 15.5. The monoisotopic (exact) mass is 260 g/mol. The summed E-state index contributed by atoms with van der Waals surface area (Å²) in [6.45, 7) is 6.51. The van der Waals surface area contributed by atoms with Gasteiger partial charge in [-0.05, 0) is 30.5 Å². The lowest BCUT2D eigenvalue weighted by Crippen LogP contribution is -2.07. The van der Waals surface area contributed by atoms with E-state index in [-0.39, 0.29) is 5.97 Å². The second kappa shape index (κ2) is 9.37. The molecular weight excluding hydrogens is 236 g/mol. The minimum Gasteiger partial charge on any atom is -0.458 e. The molecule has 0 radical (unpaired) electrons. The summed E-state index contributed by atoms with van der Waals surface area (Å²) < 4.78 is 5.23. The molecule has 2 nitrogen and oxygen atoms in total. The number of carbonyl (C=O) groups is 1. The highest BCUT2D eigenvalue weighted by Gasteiger charge is 2.06. The Morgan fingerprint density at radius 1 is 1.11 bits per heavy atom. The Morgan fingerprint density at radius 3 is 2.47 bits per heavy atom. The molecule has 0 aliphatic heterocycles. The molecule has 0 amide bonds. The van der Waals surface area contributed by atoms with Gasteiger partial charge in [0.15, 0.2) is 0 Å². The molecule has 0 atom stereocenters. The fourth-order valence-corrected chi connectivity index (χ4v) is 1.88. The number of hydrogen-bond donors (Lipinski definition) is 0. The molecule has 0 saturated heterocycles. The van der Waals surface area contributed by atoms with Crippen molar-refractivity contribution >= 4 is 5.97 Å². The van der Waals surface area contributed by atoms with Crippen LogP contribution in [0.4, 0.5) is 0 Å². The van der Waals surface area contributed by atoms with Gasteiger partial charge in [0.05, 0.1) is 5.56 Å². The van der Waals surface area contributed by atoms with E-state index >= 15 is 0 Å². The van der Waals surface area contributed by atoms with Gasteiger partial charge in [-0.15, -0.1) is 0 Å². The number of hydrogen-bond acceptors (Lipinski definition) is 2. The molecule has 1 aromatic carbocycles. The van der Waals surface area contributed by atoms with Gasteiger partial charge in [0.2, 0.25) is 0 Å². The van der Waals surface area contributed by atoms with Crippen molar-refractivity contribution < 1.29 is 9.53 Å². The minimum absolute atomic E-state index is 0.271. The van der Waals surface area contributed by atoms with Crippen LogP contribution in [0.25, 0.3) is 0 Å². The van der Waals surface area contributed by atoms with Crippen LogP contribution in [0.1, 0.15) is 55.8 Å². The third-order valence-corrected chi connectivity index (χ3v) is 3.05. The zero-order valence-electron chi connectivity index (χ0n) is 11.9. The van der Waals surface area contributed by atoms with E-state index in [4.69, 9.17) is 4.74 Å². The smallest absolute Gasteiger partial charge is 0.338 e. The Hall–Kier alpha value is -1.57. The highest BCUT2D eigenvalue weighted by atomic mass is 16.5. The van der Waals surface area contributed by atoms with E-state index in [2.05, 4.69) is 13.5 Å². The third kappa shape index (κ3) is 6.80. The topological polar surface area (TPSA) is 26.3 Å². The lowest BCUT2D eigenvalue weighted by Gasteiger charge is -2.07. The van der Waals surface area contributed by atoms with Gasteiger partial charge in [0.25, 0.3) is 0 Å². The van der Waals surface area contributed by atoms with Crippen LogP contribution in [0.15, 0.2) is 42.5 Å². The average molecular weight is 260 g/mol. The second-order valence-corrected chi connectivity index (χ2v) is 4.86. The first-order valence-electron chi connectivity index (χ1n) is 7.13. The summed E-state index contributed by atoms with van der Waals surface area (Å²) in [5, 5.41) is 0. The average Bonchev–Trinajstić information content (AvgIpc) is 2.45. The van der Waals surface area contributed by atoms with E-state index in [1.807, 2.05) is 18.2 Å². The van der Waals surface area contributed by atoms with Crippen molar-refractivity contribution in [3.63, 3.8) is 0 Å². The molecule has 0 aliphatic carbocycles. The van der Waals surface area contributed by atoms with Crippen LogP contribution < -0.4 is 0 Å². The van der Waals surface area contributed by atoms with Crippen molar-refractivity contribution in [1.82, 2.24) is 0 Å². The van der Waals surface area contributed by atoms with Crippen molar-refractivity contribution in [2.75, 3.05) is 6.61 Å². The van der Waals surface area contributed by atoms with Crippen LogP contribution in [-0.4, -0.2) is 12.6 Å². The molecular formula is C17H24O2. The van der Waals surface area contributed by atoms with Crippen LogP contribution >= 0.6 is 0 Å². The van der Waals surface area contributed by atoms with Crippen molar-refractivity contribution in [2.45, 2.75) is 45.4 Å². The zero-order valence-corrected chi connectivity index (χ0v) is 11.9. The molecule has 0 spiro atoms. The fraction of sp³-hybridized carbons (Fsp3) is 0.471. The van der Waals surface area contributed by atoms with Crippen LogP contribution in [0.2, 0.25) is 0 Å². The number of ether oxygens (including phenoxy) is 1. The molecule has 0 aliphatic rings. The number of carbonyl (C=O) groups excluding carboxylic acids is 1. The van der Waals surface area contributed by atoms with Crippen molar-refractivity contribution in [3.05, 3.63) is 48.0 Å². The first-order chi connectivity index (χ1) is 9.24. The molecule has 0 saturated carbocycles. The molecule has 0 aromatic heterocycles. The third-order valence-electron chi connectivity index (χ3n) is 3.05. The lowest BCUT2D eigenvalue weighted by atomic mass is 10.1. The number of rotatable bonds is 9. The van der Waals surface area contributed by atoms with Gasteiger partial charge >= 0.3 is 5.97 Å². The van der Waals surface area contributed by atoms with Crippen LogP contribution in [0, 0.1) is 0 Å². The Balaban J connectivity index is 2.15. The van der Waals surface area contributed by atoms with E-state index < -0.39 is 0 Å². The van der Waals surface area contributed by atoms with Crippen LogP contribution in [0.3, 0.4) is 0 Å². The summed E-state index contributed by atoms with van der Waals surface area (Å²) in [7, 11) is 0. The molecule has 19 heavy (non-hydrogen) atoms. The van der Waals surface area contributed by atoms with Gasteiger partial charge in [0, 0.05) is 0 Å². The summed E-state index contributed by atoms with van der Waals surface area (Å²) in [6, 6.07) is 9.07. The molecule has 1 aromatic rings. The van der Waals surface area contributed by atoms with E-state index in [0.29, 0.717) is 12.2 Å². The van der Waals surface area contributed by atoms with E-state index in [9.17, 15) is 4.79 Å². The summed E-state index contributed by atoms with van der Waals surface area (Å²) >= 11 is 0. The summed E-state index contributed by atoms with van der Waals surface area (Å²) in [6.07, 6.45) is 7.17. The number of benzene rings is 1. The highest BCUT2D eigenvalue weighted by molar-refractivity contribution is 5.89. The van der Waals surface area contributed by atoms with E-state index in [1.54, 1.807) is 12.1 Å². The summed E-state index contributed by atoms with van der Waals surface area (Å²) in [5.41, 5.74) is 1.60. The van der Waals surface area contributed by atoms with Gasteiger partial charge in [-0.3, -0.25) is 0 Å². The normalized spacial score (nSPS) is 10.2.